The lowest BCUT2D eigenvalue weighted by atomic mass is 9.98. The molecule has 1 aromatic heterocycles. The minimum Gasteiger partial charge on any atom is -0.496 e. The molecule has 0 unspecified atom stereocenters. The Hall–Kier alpha value is -3.33. The van der Waals surface area contributed by atoms with E-state index in [9.17, 15) is 0 Å². The van der Waals surface area contributed by atoms with Crippen molar-refractivity contribution in [3.05, 3.63) is 83.6 Å². The third kappa shape index (κ3) is 3.99. The highest BCUT2D eigenvalue weighted by molar-refractivity contribution is 5.92. The standard InChI is InChI=1S/C23H20N2O.C2H6/c1-16-19(9-6-10-23(16)26-2)18-12-14-22-20(15-18)21(24-25-22)13-11-17-7-4-3-5-8-17;1-2/h3-15H,1-2H3,(H,24,25);1-2H3/b13-11+;. The van der Waals surface area contributed by atoms with Gasteiger partial charge in [-0.2, -0.15) is 5.10 Å². The average Bonchev–Trinajstić information content (AvgIpc) is 3.17. The zero-order chi connectivity index (χ0) is 19.9. The molecule has 0 fully saturated rings. The van der Waals surface area contributed by atoms with Crippen LogP contribution in [0.1, 0.15) is 30.7 Å². The highest BCUT2D eigenvalue weighted by atomic mass is 16.5. The number of methoxy groups -OCH3 is 1. The summed E-state index contributed by atoms with van der Waals surface area (Å²) in [6.07, 6.45) is 4.13. The first-order valence-corrected chi connectivity index (χ1v) is 9.61. The van der Waals surface area contributed by atoms with Crippen molar-refractivity contribution in [3.8, 4) is 16.9 Å². The molecule has 0 bridgehead atoms. The first-order chi connectivity index (χ1) is 13.8. The number of hydrogen-bond donors (Lipinski definition) is 1. The van der Waals surface area contributed by atoms with Crippen LogP contribution in [0.4, 0.5) is 0 Å². The normalized spacial score (nSPS) is 10.7. The lowest BCUT2D eigenvalue weighted by Crippen LogP contribution is -1.90. The molecule has 1 heterocycles. The van der Waals surface area contributed by atoms with Crippen LogP contribution in [-0.2, 0) is 0 Å². The molecule has 0 saturated heterocycles. The molecule has 3 nitrogen and oxygen atoms in total. The third-order valence-corrected chi connectivity index (χ3v) is 4.64. The molecule has 0 aliphatic carbocycles. The Morgan fingerprint density at radius 1 is 0.893 bits per heavy atom. The molecular weight excluding hydrogens is 344 g/mol. The fraction of sp³-hybridized carbons (Fsp3) is 0.160. The maximum Gasteiger partial charge on any atom is 0.122 e. The van der Waals surface area contributed by atoms with E-state index < -0.39 is 0 Å². The molecule has 1 N–H and O–H groups in total. The monoisotopic (exact) mass is 370 g/mol. The van der Waals surface area contributed by atoms with Crippen molar-refractivity contribution in [1.82, 2.24) is 10.2 Å². The quantitative estimate of drug-likeness (QED) is 0.432. The lowest BCUT2D eigenvalue weighted by Gasteiger charge is -2.10. The molecule has 142 valence electrons. The molecular formula is C25H26N2O. The Morgan fingerprint density at radius 2 is 1.68 bits per heavy atom. The van der Waals surface area contributed by atoms with Gasteiger partial charge in [0, 0.05) is 5.39 Å². The second-order valence-electron chi connectivity index (χ2n) is 6.25. The number of H-pyrrole nitrogens is 1. The van der Waals surface area contributed by atoms with Crippen LogP contribution in [0.3, 0.4) is 0 Å². The van der Waals surface area contributed by atoms with Crippen molar-refractivity contribution in [2.24, 2.45) is 0 Å². The minimum absolute atomic E-state index is 0.902. The fourth-order valence-corrected chi connectivity index (χ4v) is 3.22. The van der Waals surface area contributed by atoms with Gasteiger partial charge in [-0.25, -0.2) is 0 Å². The Morgan fingerprint density at radius 3 is 2.43 bits per heavy atom. The predicted octanol–water partition coefficient (Wildman–Crippen LogP) is 6.74. The van der Waals surface area contributed by atoms with Crippen molar-refractivity contribution in [2.75, 3.05) is 7.11 Å². The van der Waals surface area contributed by atoms with E-state index in [4.69, 9.17) is 4.74 Å². The van der Waals surface area contributed by atoms with Crippen LogP contribution in [0.2, 0.25) is 0 Å². The van der Waals surface area contributed by atoms with E-state index in [0.29, 0.717) is 0 Å². The number of ether oxygens (including phenoxy) is 1. The Bertz CT molecular complexity index is 1080. The summed E-state index contributed by atoms with van der Waals surface area (Å²) in [5, 5.41) is 8.69. The van der Waals surface area contributed by atoms with Gasteiger partial charge in [-0.05, 0) is 53.5 Å². The van der Waals surface area contributed by atoms with Gasteiger partial charge in [0.05, 0.1) is 18.3 Å². The maximum absolute atomic E-state index is 5.46. The largest absolute Gasteiger partial charge is 0.496 e. The summed E-state index contributed by atoms with van der Waals surface area (Å²) < 4.78 is 5.46. The van der Waals surface area contributed by atoms with E-state index in [-0.39, 0.29) is 0 Å². The fourth-order valence-electron chi connectivity index (χ4n) is 3.22. The van der Waals surface area contributed by atoms with Crippen LogP contribution in [-0.4, -0.2) is 17.3 Å². The molecule has 0 saturated carbocycles. The second-order valence-corrected chi connectivity index (χ2v) is 6.25. The van der Waals surface area contributed by atoms with Crippen LogP contribution >= 0.6 is 0 Å². The first-order valence-electron chi connectivity index (χ1n) is 9.61. The van der Waals surface area contributed by atoms with E-state index in [1.165, 1.54) is 5.56 Å². The molecule has 0 radical (unpaired) electrons. The van der Waals surface area contributed by atoms with Gasteiger partial charge in [-0.3, -0.25) is 5.10 Å². The molecule has 0 atom stereocenters. The van der Waals surface area contributed by atoms with Gasteiger partial charge in [-0.1, -0.05) is 68.5 Å². The predicted molar refractivity (Wildman–Crippen MR) is 120 cm³/mol. The number of nitrogens with zero attached hydrogens (tertiary/aromatic N) is 1. The second kappa shape index (κ2) is 9.05. The van der Waals surface area contributed by atoms with E-state index in [1.807, 2.05) is 44.2 Å². The minimum atomic E-state index is 0.902. The van der Waals surface area contributed by atoms with E-state index in [0.717, 1.165) is 39.0 Å². The van der Waals surface area contributed by atoms with Gasteiger partial charge >= 0.3 is 0 Å². The highest BCUT2D eigenvalue weighted by Crippen LogP contribution is 2.32. The number of nitrogens with one attached hydrogen (secondary N) is 1. The van der Waals surface area contributed by atoms with Crippen LogP contribution in [0, 0.1) is 6.92 Å². The van der Waals surface area contributed by atoms with Gasteiger partial charge in [0.1, 0.15) is 5.75 Å². The number of benzene rings is 3. The summed E-state index contributed by atoms with van der Waals surface area (Å²) in [6.45, 7) is 6.09. The van der Waals surface area contributed by atoms with Crippen LogP contribution in [0.15, 0.2) is 66.7 Å². The summed E-state index contributed by atoms with van der Waals surface area (Å²) in [6, 6.07) is 22.8. The van der Waals surface area contributed by atoms with E-state index in [1.54, 1.807) is 7.11 Å². The van der Waals surface area contributed by atoms with Crippen LogP contribution < -0.4 is 4.74 Å². The summed E-state index contributed by atoms with van der Waals surface area (Å²) in [5.74, 6) is 0.902. The van der Waals surface area contributed by atoms with Crippen molar-refractivity contribution < 1.29 is 4.74 Å². The van der Waals surface area contributed by atoms with Gasteiger partial charge in [0.2, 0.25) is 0 Å². The SMILES string of the molecule is CC.COc1cccc(-c2ccc3[nH]nc(/C=C/c4ccccc4)c3c2)c1C. The number of aromatic nitrogens is 2. The number of fused-ring (bicyclic) bond motifs is 1. The van der Waals surface area contributed by atoms with Gasteiger partial charge in [0.25, 0.3) is 0 Å². The Labute approximate surface area is 166 Å². The summed E-state index contributed by atoms with van der Waals surface area (Å²) in [7, 11) is 1.71. The Balaban J connectivity index is 0.00000109. The molecule has 3 aromatic carbocycles. The molecule has 0 amide bonds. The van der Waals surface area contributed by atoms with Crippen molar-refractivity contribution in [1.29, 1.82) is 0 Å². The molecule has 0 spiro atoms. The highest BCUT2D eigenvalue weighted by Gasteiger charge is 2.09. The number of hydrogen-bond acceptors (Lipinski definition) is 2. The summed E-state index contributed by atoms with van der Waals surface area (Å²) in [5.41, 5.74) is 6.59. The summed E-state index contributed by atoms with van der Waals surface area (Å²) in [4.78, 5) is 0. The average molecular weight is 370 g/mol. The smallest absolute Gasteiger partial charge is 0.122 e. The molecule has 0 aliphatic rings. The number of rotatable bonds is 4. The molecule has 4 aromatic rings. The summed E-state index contributed by atoms with van der Waals surface area (Å²) >= 11 is 0. The first kappa shape index (κ1) is 19.4. The lowest BCUT2D eigenvalue weighted by molar-refractivity contribution is 0.412. The molecule has 3 heteroatoms. The zero-order valence-electron chi connectivity index (χ0n) is 16.9. The van der Waals surface area contributed by atoms with Gasteiger partial charge in [-0.15, -0.1) is 0 Å². The molecule has 28 heavy (non-hydrogen) atoms. The molecule has 0 aliphatic heterocycles. The van der Waals surface area contributed by atoms with Crippen molar-refractivity contribution in [3.63, 3.8) is 0 Å². The molecule has 4 rings (SSSR count). The van der Waals surface area contributed by atoms with E-state index >= 15 is 0 Å². The van der Waals surface area contributed by atoms with Gasteiger partial charge in [0.15, 0.2) is 0 Å². The number of aromatic amines is 1. The van der Waals surface area contributed by atoms with Crippen LogP contribution in [0.5, 0.6) is 5.75 Å². The van der Waals surface area contributed by atoms with Crippen molar-refractivity contribution in [2.45, 2.75) is 20.8 Å². The topological polar surface area (TPSA) is 37.9 Å². The van der Waals surface area contributed by atoms with Gasteiger partial charge < -0.3 is 4.74 Å². The van der Waals surface area contributed by atoms with E-state index in [2.05, 4.69) is 65.7 Å². The van der Waals surface area contributed by atoms with Crippen LogP contribution in [0.25, 0.3) is 34.2 Å². The van der Waals surface area contributed by atoms with Crippen molar-refractivity contribution >= 4 is 23.1 Å². The third-order valence-electron chi connectivity index (χ3n) is 4.64. The zero-order valence-corrected chi connectivity index (χ0v) is 16.9. The maximum atomic E-state index is 5.46. The Kier molecular flexibility index (Phi) is 6.28.